The molecule has 1 unspecified atom stereocenters. The molecule has 0 aliphatic rings. The third kappa shape index (κ3) is 3.72. The van der Waals surface area contributed by atoms with Crippen molar-refractivity contribution >= 4 is 5.95 Å². The van der Waals surface area contributed by atoms with Gasteiger partial charge in [-0.15, -0.1) is 0 Å². The van der Waals surface area contributed by atoms with Crippen LogP contribution in [0.1, 0.15) is 28.6 Å². The van der Waals surface area contributed by atoms with E-state index in [4.69, 9.17) is 0 Å². The standard InChI is InChI=1S/C19H18FN3/c1-13-11-14(2)22-19(21-13)23-18(15-7-4-3-5-8-15)16-9-6-10-17(20)12-16/h3-12,18H,1-2H3,(H,21,22,23). The van der Waals surface area contributed by atoms with Gasteiger partial charge in [0.2, 0.25) is 5.95 Å². The second-order valence-electron chi connectivity index (χ2n) is 5.52. The number of hydrogen-bond donors (Lipinski definition) is 1. The van der Waals surface area contributed by atoms with E-state index in [1.807, 2.05) is 56.3 Å². The van der Waals surface area contributed by atoms with Crippen molar-refractivity contribution in [2.24, 2.45) is 0 Å². The van der Waals surface area contributed by atoms with Gasteiger partial charge in [-0.2, -0.15) is 0 Å². The quantitative estimate of drug-likeness (QED) is 0.774. The number of rotatable bonds is 4. The van der Waals surface area contributed by atoms with Gasteiger partial charge in [0.15, 0.2) is 0 Å². The fourth-order valence-electron chi connectivity index (χ4n) is 2.61. The van der Waals surface area contributed by atoms with Crippen LogP contribution in [0.15, 0.2) is 60.7 Å². The van der Waals surface area contributed by atoms with Gasteiger partial charge in [0.25, 0.3) is 0 Å². The SMILES string of the molecule is Cc1cc(C)nc(NC(c2ccccc2)c2cccc(F)c2)n1. The number of aryl methyl sites for hydroxylation is 2. The first-order valence-corrected chi connectivity index (χ1v) is 7.51. The molecule has 0 bridgehead atoms. The van der Waals surface area contributed by atoms with E-state index in [0.29, 0.717) is 5.95 Å². The van der Waals surface area contributed by atoms with E-state index >= 15 is 0 Å². The number of aromatic nitrogens is 2. The summed E-state index contributed by atoms with van der Waals surface area (Å²) in [5, 5.41) is 3.33. The van der Waals surface area contributed by atoms with Crippen molar-refractivity contribution in [2.75, 3.05) is 5.32 Å². The highest BCUT2D eigenvalue weighted by atomic mass is 19.1. The van der Waals surface area contributed by atoms with Crippen LogP contribution in [-0.4, -0.2) is 9.97 Å². The molecule has 1 N–H and O–H groups in total. The molecule has 3 nitrogen and oxygen atoms in total. The summed E-state index contributed by atoms with van der Waals surface area (Å²) in [6.45, 7) is 3.86. The summed E-state index contributed by atoms with van der Waals surface area (Å²) in [5.41, 5.74) is 3.65. The first-order chi connectivity index (χ1) is 11.1. The van der Waals surface area contributed by atoms with Crippen LogP contribution >= 0.6 is 0 Å². The maximum absolute atomic E-state index is 13.7. The summed E-state index contributed by atoms with van der Waals surface area (Å²) < 4.78 is 13.7. The Morgan fingerprint density at radius 1 is 0.826 bits per heavy atom. The minimum Gasteiger partial charge on any atom is -0.343 e. The molecule has 1 heterocycles. The van der Waals surface area contributed by atoms with Gasteiger partial charge in [-0.3, -0.25) is 0 Å². The van der Waals surface area contributed by atoms with E-state index in [1.165, 1.54) is 12.1 Å². The fraction of sp³-hybridized carbons (Fsp3) is 0.158. The van der Waals surface area contributed by atoms with Crippen molar-refractivity contribution < 1.29 is 4.39 Å². The molecule has 1 atom stereocenters. The summed E-state index contributed by atoms with van der Waals surface area (Å²) in [6.07, 6.45) is 0. The van der Waals surface area contributed by atoms with Crippen LogP contribution < -0.4 is 5.32 Å². The van der Waals surface area contributed by atoms with Crippen molar-refractivity contribution in [1.82, 2.24) is 9.97 Å². The lowest BCUT2D eigenvalue weighted by Gasteiger charge is -2.20. The van der Waals surface area contributed by atoms with E-state index in [2.05, 4.69) is 15.3 Å². The van der Waals surface area contributed by atoms with E-state index in [9.17, 15) is 4.39 Å². The monoisotopic (exact) mass is 307 g/mol. The van der Waals surface area contributed by atoms with Crippen LogP contribution in [0.3, 0.4) is 0 Å². The lowest BCUT2D eigenvalue weighted by molar-refractivity contribution is 0.624. The Morgan fingerprint density at radius 3 is 2.13 bits per heavy atom. The number of halogens is 1. The molecule has 116 valence electrons. The highest BCUT2D eigenvalue weighted by molar-refractivity contribution is 5.41. The third-order valence-corrected chi connectivity index (χ3v) is 3.57. The van der Waals surface area contributed by atoms with E-state index in [0.717, 1.165) is 22.5 Å². The van der Waals surface area contributed by atoms with Crippen molar-refractivity contribution in [3.63, 3.8) is 0 Å². The maximum Gasteiger partial charge on any atom is 0.223 e. The summed E-state index contributed by atoms with van der Waals surface area (Å²) in [4.78, 5) is 8.86. The topological polar surface area (TPSA) is 37.8 Å². The molecule has 3 aromatic rings. The predicted molar refractivity (Wildman–Crippen MR) is 89.8 cm³/mol. The van der Waals surface area contributed by atoms with Gasteiger partial charge in [0, 0.05) is 11.4 Å². The van der Waals surface area contributed by atoms with Gasteiger partial charge in [0.05, 0.1) is 6.04 Å². The van der Waals surface area contributed by atoms with Gasteiger partial charge < -0.3 is 5.32 Å². The minimum absolute atomic E-state index is 0.215. The Kier molecular flexibility index (Phi) is 4.33. The molecule has 1 aromatic heterocycles. The number of benzene rings is 2. The number of nitrogens with one attached hydrogen (secondary N) is 1. The molecule has 0 amide bonds. The zero-order chi connectivity index (χ0) is 16.2. The summed E-state index contributed by atoms with van der Waals surface area (Å²) >= 11 is 0. The maximum atomic E-state index is 13.7. The molecule has 0 fully saturated rings. The van der Waals surface area contributed by atoms with Gasteiger partial charge in [-0.05, 0) is 43.2 Å². The smallest absolute Gasteiger partial charge is 0.223 e. The number of anilines is 1. The van der Waals surface area contributed by atoms with E-state index in [1.54, 1.807) is 6.07 Å². The first kappa shape index (κ1) is 15.2. The van der Waals surface area contributed by atoms with Crippen LogP contribution in [0.5, 0.6) is 0 Å². The Morgan fingerprint density at radius 2 is 1.48 bits per heavy atom. The molecule has 0 aliphatic carbocycles. The summed E-state index contributed by atoms with van der Waals surface area (Å²) in [6, 6.07) is 18.2. The number of hydrogen-bond acceptors (Lipinski definition) is 3. The molecule has 0 aliphatic heterocycles. The predicted octanol–water partition coefficient (Wildman–Crippen LogP) is 4.43. The first-order valence-electron chi connectivity index (χ1n) is 7.51. The minimum atomic E-state index is -0.258. The lowest BCUT2D eigenvalue weighted by Crippen LogP contribution is -2.15. The van der Waals surface area contributed by atoms with E-state index < -0.39 is 0 Å². The summed E-state index contributed by atoms with van der Waals surface area (Å²) in [5.74, 6) is 0.284. The lowest BCUT2D eigenvalue weighted by atomic mass is 9.99. The van der Waals surface area contributed by atoms with Crippen LogP contribution in [-0.2, 0) is 0 Å². The molecule has 0 saturated heterocycles. The average Bonchev–Trinajstić information content (AvgIpc) is 2.52. The molecular weight excluding hydrogens is 289 g/mol. The Bertz CT molecular complexity index is 782. The molecule has 2 aromatic carbocycles. The molecule has 3 rings (SSSR count). The van der Waals surface area contributed by atoms with Crippen molar-refractivity contribution in [2.45, 2.75) is 19.9 Å². The normalized spacial score (nSPS) is 12.0. The molecule has 0 spiro atoms. The second kappa shape index (κ2) is 6.57. The molecular formula is C19H18FN3. The van der Waals surface area contributed by atoms with Crippen LogP contribution in [0.2, 0.25) is 0 Å². The summed E-state index contributed by atoms with van der Waals surface area (Å²) in [7, 11) is 0. The van der Waals surface area contributed by atoms with Gasteiger partial charge >= 0.3 is 0 Å². The molecule has 23 heavy (non-hydrogen) atoms. The fourth-order valence-corrected chi connectivity index (χ4v) is 2.61. The van der Waals surface area contributed by atoms with Crippen LogP contribution in [0, 0.1) is 19.7 Å². The average molecular weight is 307 g/mol. The highest BCUT2D eigenvalue weighted by Crippen LogP contribution is 2.26. The zero-order valence-corrected chi connectivity index (χ0v) is 13.1. The van der Waals surface area contributed by atoms with Gasteiger partial charge in [0.1, 0.15) is 5.82 Å². The molecule has 0 saturated carbocycles. The number of nitrogens with zero attached hydrogens (tertiary/aromatic N) is 2. The van der Waals surface area contributed by atoms with Crippen molar-refractivity contribution in [1.29, 1.82) is 0 Å². The Hall–Kier alpha value is -2.75. The molecule has 0 radical (unpaired) electrons. The van der Waals surface area contributed by atoms with Gasteiger partial charge in [-0.1, -0.05) is 42.5 Å². The van der Waals surface area contributed by atoms with Crippen molar-refractivity contribution in [3.05, 3.63) is 89.0 Å². The zero-order valence-electron chi connectivity index (χ0n) is 13.1. The van der Waals surface area contributed by atoms with Gasteiger partial charge in [-0.25, -0.2) is 14.4 Å². The Labute approximate surface area is 135 Å². The third-order valence-electron chi connectivity index (χ3n) is 3.57. The largest absolute Gasteiger partial charge is 0.343 e. The van der Waals surface area contributed by atoms with Crippen LogP contribution in [0.4, 0.5) is 10.3 Å². The highest BCUT2D eigenvalue weighted by Gasteiger charge is 2.16. The van der Waals surface area contributed by atoms with E-state index in [-0.39, 0.29) is 11.9 Å². The molecule has 4 heteroatoms. The Balaban J connectivity index is 2.02. The second-order valence-corrected chi connectivity index (χ2v) is 5.52. The van der Waals surface area contributed by atoms with Crippen molar-refractivity contribution in [3.8, 4) is 0 Å². The van der Waals surface area contributed by atoms with Crippen LogP contribution in [0.25, 0.3) is 0 Å².